The van der Waals surface area contributed by atoms with Crippen LogP contribution in [0, 0.1) is 17.8 Å². The molecular formula is C18H27N5. The number of rotatable bonds is 2. The van der Waals surface area contributed by atoms with Crippen LogP contribution < -0.4 is 10.6 Å². The molecular weight excluding hydrogens is 286 g/mol. The van der Waals surface area contributed by atoms with E-state index in [2.05, 4.69) is 14.9 Å². The van der Waals surface area contributed by atoms with Gasteiger partial charge >= 0.3 is 0 Å². The van der Waals surface area contributed by atoms with E-state index in [0.717, 1.165) is 42.6 Å². The zero-order valence-electron chi connectivity index (χ0n) is 13.9. The molecule has 6 rings (SSSR count). The SMILES string of the molecule is Nc1nc(N2CCCCC2)nc(C23CC4CC(CC(C4)C2)C3)n1. The third-order valence-corrected chi connectivity index (χ3v) is 6.79. The van der Waals surface area contributed by atoms with E-state index < -0.39 is 0 Å². The second-order valence-corrected chi connectivity index (χ2v) is 8.56. The smallest absolute Gasteiger partial charge is 0.230 e. The van der Waals surface area contributed by atoms with Crippen molar-refractivity contribution in [3.05, 3.63) is 5.82 Å². The van der Waals surface area contributed by atoms with Gasteiger partial charge in [0.25, 0.3) is 0 Å². The molecule has 4 aliphatic carbocycles. The number of nitrogens with two attached hydrogens (primary N) is 1. The maximum atomic E-state index is 6.10. The van der Waals surface area contributed by atoms with Crippen LogP contribution in [0.1, 0.15) is 63.6 Å². The van der Waals surface area contributed by atoms with Crippen molar-refractivity contribution in [1.82, 2.24) is 15.0 Å². The molecule has 1 aromatic heterocycles. The normalized spacial score (nSPS) is 39.0. The van der Waals surface area contributed by atoms with Crippen molar-refractivity contribution in [2.45, 2.75) is 63.2 Å². The minimum atomic E-state index is 0.205. The molecule has 1 aliphatic heterocycles. The van der Waals surface area contributed by atoms with Crippen LogP contribution in [0.4, 0.5) is 11.9 Å². The van der Waals surface area contributed by atoms with Crippen molar-refractivity contribution in [3.63, 3.8) is 0 Å². The minimum absolute atomic E-state index is 0.205. The fraction of sp³-hybridized carbons (Fsp3) is 0.833. The highest BCUT2D eigenvalue weighted by atomic mass is 15.3. The molecule has 4 bridgehead atoms. The molecule has 4 saturated carbocycles. The largest absolute Gasteiger partial charge is 0.368 e. The molecule has 2 N–H and O–H groups in total. The van der Waals surface area contributed by atoms with Crippen LogP contribution in [0.25, 0.3) is 0 Å². The topological polar surface area (TPSA) is 67.9 Å². The summed E-state index contributed by atoms with van der Waals surface area (Å²) in [6, 6.07) is 0. The second-order valence-electron chi connectivity index (χ2n) is 8.56. The Morgan fingerprint density at radius 3 is 2.04 bits per heavy atom. The highest BCUT2D eigenvalue weighted by molar-refractivity contribution is 5.37. The lowest BCUT2D eigenvalue weighted by Gasteiger charge is -2.55. The first-order valence-corrected chi connectivity index (χ1v) is 9.47. The van der Waals surface area contributed by atoms with Crippen molar-refractivity contribution >= 4 is 11.9 Å². The molecule has 5 heteroatoms. The van der Waals surface area contributed by atoms with Crippen LogP contribution in [0.5, 0.6) is 0 Å². The Labute approximate surface area is 138 Å². The first-order chi connectivity index (χ1) is 11.2. The van der Waals surface area contributed by atoms with Gasteiger partial charge in [-0.05, 0) is 75.5 Å². The van der Waals surface area contributed by atoms with Gasteiger partial charge in [0.15, 0.2) is 0 Å². The number of anilines is 2. The minimum Gasteiger partial charge on any atom is -0.368 e. The second kappa shape index (κ2) is 5.05. The fourth-order valence-corrected chi connectivity index (χ4v) is 6.24. The number of nitrogen functional groups attached to an aromatic ring is 1. The molecule has 0 atom stereocenters. The van der Waals surface area contributed by atoms with Crippen LogP contribution in [-0.4, -0.2) is 28.0 Å². The Hall–Kier alpha value is -1.39. The molecule has 0 radical (unpaired) electrons. The Kier molecular flexibility index (Phi) is 3.07. The van der Waals surface area contributed by atoms with Crippen molar-refractivity contribution in [1.29, 1.82) is 0 Å². The molecule has 0 amide bonds. The van der Waals surface area contributed by atoms with Crippen molar-refractivity contribution in [3.8, 4) is 0 Å². The summed E-state index contributed by atoms with van der Waals surface area (Å²) < 4.78 is 0. The van der Waals surface area contributed by atoms with Crippen LogP contribution in [0.3, 0.4) is 0 Å². The van der Waals surface area contributed by atoms with Crippen molar-refractivity contribution in [2.75, 3.05) is 23.7 Å². The molecule has 0 spiro atoms. The Bertz CT molecular complexity index is 572. The van der Waals surface area contributed by atoms with Crippen LogP contribution in [0.2, 0.25) is 0 Å². The van der Waals surface area contributed by atoms with E-state index in [4.69, 9.17) is 10.7 Å². The van der Waals surface area contributed by atoms with Gasteiger partial charge in [0, 0.05) is 18.5 Å². The summed E-state index contributed by atoms with van der Waals surface area (Å²) in [7, 11) is 0. The predicted molar refractivity (Wildman–Crippen MR) is 90.2 cm³/mol. The zero-order chi connectivity index (χ0) is 15.4. The third kappa shape index (κ3) is 2.31. The number of hydrogen-bond acceptors (Lipinski definition) is 5. The first kappa shape index (κ1) is 14.0. The molecule has 0 unspecified atom stereocenters. The molecule has 1 saturated heterocycles. The van der Waals surface area contributed by atoms with Gasteiger partial charge in [-0.25, -0.2) is 0 Å². The lowest BCUT2D eigenvalue weighted by atomic mass is 9.49. The van der Waals surface area contributed by atoms with E-state index in [0.29, 0.717) is 5.95 Å². The molecule has 2 heterocycles. The number of hydrogen-bond donors (Lipinski definition) is 1. The first-order valence-electron chi connectivity index (χ1n) is 9.47. The highest BCUT2D eigenvalue weighted by Gasteiger charge is 2.53. The van der Waals surface area contributed by atoms with Gasteiger partial charge in [0.05, 0.1) is 0 Å². The molecule has 5 aliphatic rings. The summed E-state index contributed by atoms with van der Waals surface area (Å²) in [4.78, 5) is 16.4. The lowest BCUT2D eigenvalue weighted by molar-refractivity contribution is -0.00938. The quantitative estimate of drug-likeness (QED) is 0.909. The summed E-state index contributed by atoms with van der Waals surface area (Å²) in [5.41, 5.74) is 6.30. The molecule has 0 aromatic carbocycles. The zero-order valence-corrected chi connectivity index (χ0v) is 13.9. The monoisotopic (exact) mass is 313 g/mol. The Balaban J connectivity index is 1.51. The molecule has 5 nitrogen and oxygen atoms in total. The molecule has 5 fully saturated rings. The lowest BCUT2D eigenvalue weighted by Crippen LogP contribution is -2.49. The van der Waals surface area contributed by atoms with E-state index in [1.807, 2.05) is 0 Å². The van der Waals surface area contributed by atoms with Gasteiger partial charge in [-0.2, -0.15) is 15.0 Å². The average molecular weight is 313 g/mol. The maximum absolute atomic E-state index is 6.10. The van der Waals surface area contributed by atoms with Crippen LogP contribution >= 0.6 is 0 Å². The number of aromatic nitrogens is 3. The fourth-order valence-electron chi connectivity index (χ4n) is 6.24. The van der Waals surface area contributed by atoms with Crippen LogP contribution in [-0.2, 0) is 5.41 Å². The van der Waals surface area contributed by atoms with Gasteiger partial charge in [-0.15, -0.1) is 0 Å². The molecule has 124 valence electrons. The van der Waals surface area contributed by atoms with E-state index in [9.17, 15) is 0 Å². The summed E-state index contributed by atoms with van der Waals surface area (Å²) in [6.45, 7) is 2.12. The Morgan fingerprint density at radius 1 is 0.826 bits per heavy atom. The van der Waals surface area contributed by atoms with Crippen molar-refractivity contribution < 1.29 is 0 Å². The number of piperidine rings is 1. The van der Waals surface area contributed by atoms with Gasteiger partial charge in [-0.1, -0.05) is 0 Å². The highest BCUT2D eigenvalue weighted by Crippen LogP contribution is 2.60. The molecule has 23 heavy (non-hydrogen) atoms. The third-order valence-electron chi connectivity index (χ3n) is 6.79. The van der Waals surface area contributed by atoms with E-state index >= 15 is 0 Å². The van der Waals surface area contributed by atoms with Gasteiger partial charge < -0.3 is 10.6 Å². The predicted octanol–water partition coefficient (Wildman–Crippen LogP) is 2.91. The molecule has 1 aromatic rings. The Morgan fingerprint density at radius 2 is 1.43 bits per heavy atom. The number of nitrogens with zero attached hydrogens (tertiary/aromatic N) is 4. The van der Waals surface area contributed by atoms with Crippen LogP contribution in [0.15, 0.2) is 0 Å². The standard InChI is InChI=1S/C18H27N5/c19-16-20-15(21-17(22-16)23-4-2-1-3-5-23)18-9-12-6-13(10-18)8-14(7-12)11-18/h12-14H,1-11H2,(H2,19,20,21,22). The van der Waals surface area contributed by atoms with E-state index in [1.165, 1.54) is 57.8 Å². The summed E-state index contributed by atoms with van der Waals surface area (Å²) >= 11 is 0. The van der Waals surface area contributed by atoms with Gasteiger partial charge in [-0.3, -0.25) is 0 Å². The average Bonchev–Trinajstić information content (AvgIpc) is 2.54. The summed E-state index contributed by atoms with van der Waals surface area (Å²) in [5.74, 6) is 4.98. The van der Waals surface area contributed by atoms with E-state index in [-0.39, 0.29) is 5.41 Å². The van der Waals surface area contributed by atoms with E-state index in [1.54, 1.807) is 0 Å². The van der Waals surface area contributed by atoms with Gasteiger partial charge in [0.2, 0.25) is 11.9 Å². The maximum Gasteiger partial charge on any atom is 0.230 e. The van der Waals surface area contributed by atoms with Crippen molar-refractivity contribution in [2.24, 2.45) is 17.8 Å². The summed E-state index contributed by atoms with van der Waals surface area (Å²) in [5, 5.41) is 0. The van der Waals surface area contributed by atoms with Gasteiger partial charge in [0.1, 0.15) is 5.82 Å². The summed E-state index contributed by atoms with van der Waals surface area (Å²) in [6.07, 6.45) is 12.0.